The van der Waals surface area contributed by atoms with Crippen molar-refractivity contribution in [1.82, 2.24) is 4.90 Å². The van der Waals surface area contributed by atoms with Crippen molar-refractivity contribution in [2.45, 2.75) is 78.8 Å². The molecule has 29 heavy (non-hydrogen) atoms. The van der Waals surface area contributed by atoms with Crippen LogP contribution < -0.4 is 4.74 Å². The smallest absolute Gasteiger partial charge is 0.223 e. The lowest BCUT2D eigenvalue weighted by atomic mass is 9.86. The predicted molar refractivity (Wildman–Crippen MR) is 122 cm³/mol. The Morgan fingerprint density at radius 1 is 1.00 bits per heavy atom. The van der Waals surface area contributed by atoms with Crippen molar-refractivity contribution in [3.05, 3.63) is 65.2 Å². The number of carbonyl (C=O) groups is 1. The van der Waals surface area contributed by atoms with Crippen LogP contribution >= 0.6 is 0 Å². The molecule has 0 aliphatic carbocycles. The normalized spacial score (nSPS) is 12.3. The van der Waals surface area contributed by atoms with Crippen LogP contribution in [0.3, 0.4) is 0 Å². The molecule has 0 aromatic heterocycles. The lowest BCUT2D eigenvalue weighted by Gasteiger charge is -2.32. The molecule has 158 valence electrons. The molecule has 2 aromatic rings. The number of nitrogens with zero attached hydrogens (tertiary/aromatic N) is 1. The van der Waals surface area contributed by atoms with E-state index < -0.39 is 0 Å². The van der Waals surface area contributed by atoms with Gasteiger partial charge < -0.3 is 9.64 Å². The number of benzene rings is 2. The van der Waals surface area contributed by atoms with E-state index in [0.29, 0.717) is 13.0 Å². The summed E-state index contributed by atoms with van der Waals surface area (Å²) in [6, 6.07) is 17.0. The molecule has 3 heteroatoms. The van der Waals surface area contributed by atoms with Crippen molar-refractivity contribution in [2.75, 3.05) is 6.61 Å². The summed E-state index contributed by atoms with van der Waals surface area (Å²) in [6.45, 7) is 13.3. The van der Waals surface area contributed by atoms with Crippen molar-refractivity contribution < 1.29 is 9.53 Å². The lowest BCUT2D eigenvalue weighted by molar-refractivity contribution is -0.135. The zero-order valence-corrected chi connectivity index (χ0v) is 18.9. The quantitative estimate of drug-likeness (QED) is 0.439. The summed E-state index contributed by atoms with van der Waals surface area (Å²) in [7, 11) is 0. The number of carbonyl (C=O) groups excluding carboxylic acids is 1. The molecule has 0 radical (unpaired) electrons. The van der Waals surface area contributed by atoms with Gasteiger partial charge >= 0.3 is 0 Å². The van der Waals surface area contributed by atoms with Crippen molar-refractivity contribution in [2.24, 2.45) is 0 Å². The molecule has 0 N–H and O–H groups in total. The minimum Gasteiger partial charge on any atom is -0.493 e. The van der Waals surface area contributed by atoms with Gasteiger partial charge in [0.25, 0.3) is 0 Å². The van der Waals surface area contributed by atoms with Crippen LogP contribution in [0.1, 0.15) is 76.5 Å². The van der Waals surface area contributed by atoms with Gasteiger partial charge in [-0.2, -0.15) is 0 Å². The van der Waals surface area contributed by atoms with Gasteiger partial charge in [0.2, 0.25) is 5.91 Å². The van der Waals surface area contributed by atoms with E-state index in [1.807, 2.05) is 23.1 Å². The van der Waals surface area contributed by atoms with E-state index in [-0.39, 0.29) is 23.9 Å². The Kier molecular flexibility index (Phi) is 8.75. The minimum atomic E-state index is -0.0276. The second-order valence-electron chi connectivity index (χ2n) is 8.40. The molecule has 1 unspecified atom stereocenters. The number of aryl methyl sites for hydroxylation is 1. The highest BCUT2D eigenvalue weighted by Gasteiger charge is 2.27. The summed E-state index contributed by atoms with van der Waals surface area (Å²) < 4.78 is 6.15. The summed E-state index contributed by atoms with van der Waals surface area (Å²) >= 11 is 0. The van der Waals surface area contributed by atoms with E-state index >= 15 is 0 Å². The van der Waals surface area contributed by atoms with Crippen LogP contribution in [0.25, 0.3) is 0 Å². The van der Waals surface area contributed by atoms with Crippen molar-refractivity contribution >= 4 is 5.91 Å². The number of amides is 1. The highest BCUT2D eigenvalue weighted by molar-refractivity contribution is 5.78. The van der Waals surface area contributed by atoms with Gasteiger partial charge in [-0.15, -0.1) is 0 Å². The summed E-state index contributed by atoms with van der Waals surface area (Å²) in [5.41, 5.74) is 3.44. The van der Waals surface area contributed by atoms with Crippen molar-refractivity contribution in [3.63, 3.8) is 0 Å². The SMILES string of the molecule is CCCCOc1ccc(C)cc1C(CC(=O)N(C(C)C)C(C)C)c1ccccc1. The van der Waals surface area contributed by atoms with E-state index in [1.54, 1.807) is 0 Å². The van der Waals surface area contributed by atoms with Crippen LogP contribution in [0.15, 0.2) is 48.5 Å². The largest absolute Gasteiger partial charge is 0.493 e. The van der Waals surface area contributed by atoms with E-state index in [2.05, 4.69) is 71.9 Å². The first-order valence-corrected chi connectivity index (χ1v) is 10.9. The Balaban J connectivity index is 2.44. The predicted octanol–water partition coefficient (Wildman–Crippen LogP) is 6.34. The zero-order chi connectivity index (χ0) is 21.4. The Morgan fingerprint density at radius 3 is 2.24 bits per heavy atom. The Morgan fingerprint density at radius 2 is 1.66 bits per heavy atom. The molecule has 0 aliphatic rings. The molecule has 0 spiro atoms. The highest BCUT2D eigenvalue weighted by atomic mass is 16.5. The van der Waals surface area contributed by atoms with Gasteiger partial charge in [0.05, 0.1) is 6.61 Å². The van der Waals surface area contributed by atoms with E-state index in [0.717, 1.165) is 29.7 Å². The summed E-state index contributed by atoms with van der Waals surface area (Å²) in [5, 5.41) is 0. The summed E-state index contributed by atoms with van der Waals surface area (Å²) in [6.07, 6.45) is 2.56. The van der Waals surface area contributed by atoms with E-state index in [1.165, 1.54) is 5.56 Å². The van der Waals surface area contributed by atoms with Crippen LogP contribution in [-0.2, 0) is 4.79 Å². The van der Waals surface area contributed by atoms with Crippen LogP contribution in [0.4, 0.5) is 0 Å². The first-order valence-electron chi connectivity index (χ1n) is 10.9. The van der Waals surface area contributed by atoms with Crippen LogP contribution in [0, 0.1) is 6.92 Å². The van der Waals surface area contributed by atoms with Crippen LogP contribution in [0.2, 0.25) is 0 Å². The zero-order valence-electron chi connectivity index (χ0n) is 18.9. The Labute approximate surface area is 177 Å². The molecule has 0 saturated heterocycles. The first-order chi connectivity index (χ1) is 13.8. The number of rotatable bonds is 10. The van der Waals surface area contributed by atoms with Gasteiger partial charge in [0, 0.05) is 30.0 Å². The van der Waals surface area contributed by atoms with Gasteiger partial charge in [0.1, 0.15) is 5.75 Å². The van der Waals surface area contributed by atoms with Crippen molar-refractivity contribution in [1.29, 1.82) is 0 Å². The summed E-state index contributed by atoms with van der Waals surface area (Å²) in [4.78, 5) is 15.3. The second kappa shape index (κ2) is 11.0. The third-order valence-electron chi connectivity index (χ3n) is 5.28. The van der Waals surface area contributed by atoms with Gasteiger partial charge in [0.15, 0.2) is 0 Å². The topological polar surface area (TPSA) is 29.5 Å². The molecule has 2 rings (SSSR count). The fraction of sp³-hybridized carbons (Fsp3) is 0.500. The molecule has 0 bridgehead atoms. The molecule has 1 atom stereocenters. The van der Waals surface area contributed by atoms with Gasteiger partial charge in [-0.1, -0.05) is 61.4 Å². The van der Waals surface area contributed by atoms with E-state index in [9.17, 15) is 4.79 Å². The molecule has 0 fully saturated rings. The number of hydrogen-bond donors (Lipinski definition) is 0. The monoisotopic (exact) mass is 395 g/mol. The average Bonchev–Trinajstić information content (AvgIpc) is 2.67. The van der Waals surface area contributed by atoms with Gasteiger partial charge in [-0.3, -0.25) is 4.79 Å². The fourth-order valence-electron chi connectivity index (χ4n) is 3.94. The first kappa shape index (κ1) is 23.0. The van der Waals surface area contributed by atoms with Crippen LogP contribution in [-0.4, -0.2) is 29.5 Å². The third-order valence-corrected chi connectivity index (χ3v) is 5.28. The standard InChI is InChI=1S/C26H37NO2/c1-7-8-16-29-25-15-14-21(6)17-24(25)23(22-12-10-9-11-13-22)18-26(28)27(19(2)3)20(4)5/h9-15,17,19-20,23H,7-8,16,18H2,1-6H3. The highest BCUT2D eigenvalue weighted by Crippen LogP contribution is 2.36. The van der Waals surface area contributed by atoms with Crippen LogP contribution in [0.5, 0.6) is 5.75 Å². The molecular weight excluding hydrogens is 358 g/mol. The molecule has 2 aromatic carbocycles. The lowest BCUT2D eigenvalue weighted by Crippen LogP contribution is -2.42. The van der Waals surface area contributed by atoms with Gasteiger partial charge in [-0.05, 0) is 52.7 Å². The second-order valence-corrected chi connectivity index (χ2v) is 8.40. The number of unbranched alkanes of at least 4 members (excludes halogenated alkanes) is 1. The van der Waals surface area contributed by atoms with Crippen molar-refractivity contribution in [3.8, 4) is 5.75 Å². The average molecular weight is 396 g/mol. The molecule has 3 nitrogen and oxygen atoms in total. The minimum absolute atomic E-state index is 0.0276. The molecule has 1 amide bonds. The summed E-state index contributed by atoms with van der Waals surface area (Å²) in [5.74, 6) is 1.05. The maximum Gasteiger partial charge on any atom is 0.223 e. The fourth-order valence-corrected chi connectivity index (χ4v) is 3.94. The Bertz CT molecular complexity index is 760. The Hall–Kier alpha value is -2.29. The van der Waals surface area contributed by atoms with E-state index in [4.69, 9.17) is 4.74 Å². The molecule has 0 saturated carbocycles. The third kappa shape index (κ3) is 6.35. The maximum absolute atomic E-state index is 13.3. The molecule has 0 heterocycles. The molecular formula is C26H37NO2. The maximum atomic E-state index is 13.3. The van der Waals surface area contributed by atoms with Gasteiger partial charge in [-0.25, -0.2) is 0 Å². The molecule has 0 aliphatic heterocycles. The number of hydrogen-bond acceptors (Lipinski definition) is 2. The number of ether oxygens (including phenoxy) is 1.